The summed E-state index contributed by atoms with van der Waals surface area (Å²) in [4.78, 5) is 12.6. The minimum absolute atomic E-state index is 0.160. The lowest BCUT2D eigenvalue weighted by Crippen LogP contribution is -2.25. The fourth-order valence-corrected chi connectivity index (χ4v) is 2.81. The van der Waals surface area contributed by atoms with Crippen molar-refractivity contribution in [2.24, 2.45) is 0 Å². The summed E-state index contributed by atoms with van der Waals surface area (Å²) < 4.78 is 17.0. The van der Waals surface area contributed by atoms with Gasteiger partial charge in [0.2, 0.25) is 5.75 Å². The molecule has 0 aliphatic heterocycles. The van der Waals surface area contributed by atoms with E-state index >= 15 is 0 Å². The van der Waals surface area contributed by atoms with Crippen LogP contribution in [0.3, 0.4) is 0 Å². The van der Waals surface area contributed by atoms with Crippen molar-refractivity contribution < 1.29 is 19.0 Å². The number of carbonyl (C=O) groups excluding carboxylic acids is 1. The van der Waals surface area contributed by atoms with Crippen LogP contribution in [0.5, 0.6) is 17.2 Å². The van der Waals surface area contributed by atoms with E-state index in [0.717, 1.165) is 6.42 Å². The number of aryl methyl sites for hydroxylation is 1. The van der Waals surface area contributed by atoms with Gasteiger partial charge >= 0.3 is 0 Å². The maximum absolute atomic E-state index is 12.6. The van der Waals surface area contributed by atoms with E-state index in [2.05, 4.69) is 30.4 Å². The summed E-state index contributed by atoms with van der Waals surface area (Å²) in [6.07, 6.45) is 0.779. The van der Waals surface area contributed by atoms with E-state index in [1.54, 1.807) is 12.1 Å². The zero-order valence-electron chi connectivity index (χ0n) is 16.6. The second-order valence-electron chi connectivity index (χ2n) is 6.10. The number of hydrogen-bond donors (Lipinski definition) is 1. The number of hydrogen-bond acceptors (Lipinski definition) is 4. The molecule has 5 nitrogen and oxygen atoms in total. The van der Waals surface area contributed by atoms with Gasteiger partial charge in [0.1, 0.15) is 0 Å². The zero-order valence-corrected chi connectivity index (χ0v) is 16.6. The van der Waals surface area contributed by atoms with Crippen LogP contribution in [0, 0.1) is 6.92 Å². The molecule has 0 aliphatic rings. The lowest BCUT2D eigenvalue weighted by atomic mass is 10.1. The highest BCUT2D eigenvalue weighted by Crippen LogP contribution is 2.39. The molecule has 146 valence electrons. The third-order valence-electron chi connectivity index (χ3n) is 3.95. The number of ether oxygens (including phenoxy) is 3. The molecule has 0 aromatic heterocycles. The first-order chi connectivity index (χ1) is 13.1. The Hall–Kier alpha value is -2.69. The predicted octanol–water partition coefficient (Wildman–Crippen LogP) is 4.16. The van der Waals surface area contributed by atoms with E-state index in [0.29, 0.717) is 49.2 Å². The van der Waals surface area contributed by atoms with Gasteiger partial charge < -0.3 is 19.5 Å². The zero-order chi connectivity index (χ0) is 19.6. The quantitative estimate of drug-likeness (QED) is 0.681. The van der Waals surface area contributed by atoms with E-state index in [4.69, 9.17) is 14.2 Å². The topological polar surface area (TPSA) is 56.8 Å². The molecule has 2 aromatic carbocycles. The standard InChI is InChI=1S/C22H29NO4/c1-5-25-19-14-18(15-20(26-6-2)21(19)27-7-3)22(24)23-12-11-17-10-8-9-16(4)13-17/h8-10,13-15H,5-7,11-12H2,1-4H3,(H,23,24). The van der Waals surface area contributed by atoms with Crippen LogP contribution in [0.4, 0.5) is 0 Å². The van der Waals surface area contributed by atoms with Gasteiger partial charge in [-0.3, -0.25) is 4.79 Å². The minimum Gasteiger partial charge on any atom is -0.490 e. The molecule has 0 unspecified atom stereocenters. The van der Waals surface area contributed by atoms with Crippen LogP contribution in [-0.4, -0.2) is 32.3 Å². The third kappa shape index (κ3) is 5.91. The third-order valence-corrected chi connectivity index (χ3v) is 3.95. The van der Waals surface area contributed by atoms with Gasteiger partial charge in [0.25, 0.3) is 5.91 Å². The molecular weight excluding hydrogens is 342 g/mol. The second kappa shape index (κ2) is 10.5. The number of benzene rings is 2. The molecule has 1 amide bonds. The number of rotatable bonds is 10. The van der Waals surface area contributed by atoms with Gasteiger partial charge in [0.15, 0.2) is 11.5 Å². The van der Waals surface area contributed by atoms with Crippen LogP contribution in [-0.2, 0) is 6.42 Å². The van der Waals surface area contributed by atoms with Gasteiger partial charge in [-0.25, -0.2) is 0 Å². The molecule has 0 bridgehead atoms. The number of carbonyl (C=O) groups is 1. The van der Waals surface area contributed by atoms with Crippen LogP contribution >= 0.6 is 0 Å². The summed E-state index contributed by atoms with van der Waals surface area (Å²) in [6.45, 7) is 9.75. The Balaban J connectivity index is 2.13. The molecule has 0 heterocycles. The Labute approximate surface area is 161 Å². The van der Waals surface area contributed by atoms with E-state index < -0.39 is 0 Å². The average molecular weight is 371 g/mol. The molecular formula is C22H29NO4. The lowest BCUT2D eigenvalue weighted by molar-refractivity contribution is 0.0953. The van der Waals surface area contributed by atoms with Crippen molar-refractivity contribution in [1.29, 1.82) is 0 Å². The minimum atomic E-state index is -0.160. The van der Waals surface area contributed by atoms with Gasteiger partial charge in [0, 0.05) is 12.1 Å². The molecule has 27 heavy (non-hydrogen) atoms. The molecule has 0 saturated heterocycles. The van der Waals surface area contributed by atoms with E-state index in [1.165, 1.54) is 11.1 Å². The molecule has 5 heteroatoms. The molecule has 0 fully saturated rings. The number of amides is 1. The lowest BCUT2D eigenvalue weighted by Gasteiger charge is -2.17. The predicted molar refractivity (Wildman–Crippen MR) is 107 cm³/mol. The largest absolute Gasteiger partial charge is 0.490 e. The molecule has 0 saturated carbocycles. The highest BCUT2D eigenvalue weighted by atomic mass is 16.5. The molecule has 0 aliphatic carbocycles. The first-order valence-electron chi connectivity index (χ1n) is 9.49. The van der Waals surface area contributed by atoms with Gasteiger partial charge in [-0.05, 0) is 51.8 Å². The summed E-state index contributed by atoms with van der Waals surface area (Å²) in [5, 5.41) is 2.97. The average Bonchev–Trinajstić information content (AvgIpc) is 2.64. The molecule has 0 atom stereocenters. The highest BCUT2D eigenvalue weighted by molar-refractivity contribution is 5.95. The Bertz CT molecular complexity index is 731. The Morgan fingerprint density at radius 2 is 1.56 bits per heavy atom. The van der Waals surface area contributed by atoms with Crippen molar-refractivity contribution in [2.45, 2.75) is 34.1 Å². The van der Waals surface area contributed by atoms with E-state index in [-0.39, 0.29) is 5.91 Å². The summed E-state index contributed by atoms with van der Waals surface area (Å²) in [6, 6.07) is 11.7. The maximum atomic E-state index is 12.6. The van der Waals surface area contributed by atoms with Crippen molar-refractivity contribution in [1.82, 2.24) is 5.32 Å². The smallest absolute Gasteiger partial charge is 0.251 e. The van der Waals surface area contributed by atoms with Crippen molar-refractivity contribution in [3.05, 3.63) is 53.1 Å². The maximum Gasteiger partial charge on any atom is 0.251 e. The Kier molecular flexibility index (Phi) is 7.99. The SMILES string of the molecule is CCOc1cc(C(=O)NCCc2cccc(C)c2)cc(OCC)c1OCC. The monoisotopic (exact) mass is 371 g/mol. The molecule has 2 rings (SSSR count). The van der Waals surface area contributed by atoms with Crippen molar-refractivity contribution in [2.75, 3.05) is 26.4 Å². The fraction of sp³-hybridized carbons (Fsp3) is 0.409. The second-order valence-corrected chi connectivity index (χ2v) is 6.10. The molecule has 0 spiro atoms. The van der Waals surface area contributed by atoms with Crippen molar-refractivity contribution in [3.63, 3.8) is 0 Å². The van der Waals surface area contributed by atoms with Crippen LogP contribution in [0.25, 0.3) is 0 Å². The first-order valence-corrected chi connectivity index (χ1v) is 9.49. The Morgan fingerprint density at radius 3 is 2.11 bits per heavy atom. The summed E-state index contributed by atoms with van der Waals surface area (Å²) in [7, 11) is 0. The molecule has 2 aromatic rings. The summed E-state index contributed by atoms with van der Waals surface area (Å²) in [5.41, 5.74) is 2.91. The van der Waals surface area contributed by atoms with Crippen LogP contribution in [0.2, 0.25) is 0 Å². The van der Waals surface area contributed by atoms with Crippen LogP contribution in [0.15, 0.2) is 36.4 Å². The van der Waals surface area contributed by atoms with Crippen molar-refractivity contribution >= 4 is 5.91 Å². The van der Waals surface area contributed by atoms with Gasteiger partial charge in [-0.1, -0.05) is 29.8 Å². The van der Waals surface area contributed by atoms with E-state index in [1.807, 2.05) is 26.8 Å². The molecule has 0 radical (unpaired) electrons. The van der Waals surface area contributed by atoms with Gasteiger partial charge in [0.05, 0.1) is 19.8 Å². The van der Waals surface area contributed by atoms with Crippen LogP contribution < -0.4 is 19.5 Å². The first kappa shape index (κ1) is 20.6. The highest BCUT2D eigenvalue weighted by Gasteiger charge is 2.18. The van der Waals surface area contributed by atoms with Gasteiger partial charge in [-0.15, -0.1) is 0 Å². The summed E-state index contributed by atoms with van der Waals surface area (Å²) in [5.74, 6) is 1.42. The van der Waals surface area contributed by atoms with E-state index in [9.17, 15) is 4.79 Å². The van der Waals surface area contributed by atoms with Crippen molar-refractivity contribution in [3.8, 4) is 17.2 Å². The normalized spacial score (nSPS) is 10.4. The van der Waals surface area contributed by atoms with Gasteiger partial charge in [-0.2, -0.15) is 0 Å². The Morgan fingerprint density at radius 1 is 0.926 bits per heavy atom. The number of nitrogens with one attached hydrogen (secondary N) is 1. The fourth-order valence-electron chi connectivity index (χ4n) is 2.81. The van der Waals surface area contributed by atoms with Crippen LogP contribution in [0.1, 0.15) is 42.3 Å². The molecule has 1 N–H and O–H groups in total. The summed E-state index contributed by atoms with van der Waals surface area (Å²) >= 11 is 0.